The topological polar surface area (TPSA) is 78.4 Å². The predicted molar refractivity (Wildman–Crippen MR) is 116 cm³/mol. The molecule has 29 heavy (non-hydrogen) atoms. The molecule has 0 aromatic heterocycles. The second kappa shape index (κ2) is 9.12. The van der Waals surface area contributed by atoms with Crippen molar-refractivity contribution in [3.63, 3.8) is 0 Å². The van der Waals surface area contributed by atoms with Gasteiger partial charge in [-0.1, -0.05) is 44.5 Å². The first-order chi connectivity index (χ1) is 13.9. The Bertz CT molecular complexity index is 843. The fourth-order valence-electron chi connectivity index (χ4n) is 4.29. The fourth-order valence-corrected chi connectivity index (χ4v) is 4.29. The van der Waals surface area contributed by atoms with Gasteiger partial charge in [0.2, 0.25) is 5.91 Å². The number of carboxylic acid groups (broad SMARTS) is 1. The molecule has 0 unspecified atom stereocenters. The van der Waals surface area contributed by atoms with Crippen molar-refractivity contribution >= 4 is 23.3 Å². The molecule has 1 fully saturated rings. The van der Waals surface area contributed by atoms with Crippen molar-refractivity contribution < 1.29 is 14.7 Å². The highest BCUT2D eigenvalue weighted by atomic mass is 16.4. The van der Waals surface area contributed by atoms with Gasteiger partial charge in [-0.15, -0.1) is 0 Å². The van der Waals surface area contributed by atoms with Gasteiger partial charge in [-0.05, 0) is 60.1 Å². The van der Waals surface area contributed by atoms with Crippen LogP contribution in [0.15, 0.2) is 48.5 Å². The number of carboxylic acids is 1. The maximum absolute atomic E-state index is 13.0. The van der Waals surface area contributed by atoms with Crippen molar-refractivity contribution in [2.75, 3.05) is 17.7 Å². The van der Waals surface area contributed by atoms with Gasteiger partial charge in [0.15, 0.2) is 0 Å². The van der Waals surface area contributed by atoms with E-state index in [1.54, 1.807) is 0 Å². The Morgan fingerprint density at radius 1 is 0.966 bits per heavy atom. The number of anilines is 2. The first-order valence-corrected chi connectivity index (χ1v) is 10.3. The average molecular weight is 395 g/mol. The molecule has 2 aromatic carbocycles. The maximum Gasteiger partial charge on any atom is 0.307 e. The number of hydrogen-bond donors (Lipinski definition) is 3. The van der Waals surface area contributed by atoms with Crippen LogP contribution in [0, 0.1) is 11.8 Å². The van der Waals surface area contributed by atoms with Crippen LogP contribution in [-0.2, 0) is 9.59 Å². The second-order valence-corrected chi connectivity index (χ2v) is 8.15. The molecule has 0 heterocycles. The van der Waals surface area contributed by atoms with E-state index in [0.717, 1.165) is 24.1 Å². The van der Waals surface area contributed by atoms with Crippen LogP contribution < -0.4 is 10.6 Å². The highest BCUT2D eigenvalue weighted by Crippen LogP contribution is 2.42. The molecule has 3 rings (SSSR count). The van der Waals surface area contributed by atoms with Crippen LogP contribution in [0.5, 0.6) is 0 Å². The number of benzene rings is 2. The lowest BCUT2D eigenvalue weighted by molar-refractivity contribution is -0.148. The lowest BCUT2D eigenvalue weighted by Gasteiger charge is -2.35. The molecule has 154 valence electrons. The predicted octanol–water partition coefficient (Wildman–Crippen LogP) is 5.07. The molecule has 0 bridgehead atoms. The summed E-state index contributed by atoms with van der Waals surface area (Å²) in [5, 5.41) is 16.0. The molecule has 1 amide bonds. The number of amides is 1. The standard InChI is InChI=1S/C24H30N2O3/c1-15(2)16-7-13-19(14-8-16)26-23(27)21-6-4-5-20(22(21)24(28)29)17-9-11-18(25-3)12-10-17/h7-15,20-22,25H,4-6H2,1-3H3,(H,26,27)(H,28,29)/t20-,21-,22+/m0/s1. The summed E-state index contributed by atoms with van der Waals surface area (Å²) < 4.78 is 0. The van der Waals surface area contributed by atoms with Gasteiger partial charge in [0.25, 0.3) is 0 Å². The van der Waals surface area contributed by atoms with Crippen molar-refractivity contribution in [2.45, 2.75) is 44.9 Å². The Balaban J connectivity index is 1.79. The van der Waals surface area contributed by atoms with Gasteiger partial charge >= 0.3 is 5.97 Å². The smallest absolute Gasteiger partial charge is 0.307 e. The quantitative estimate of drug-likeness (QED) is 0.639. The van der Waals surface area contributed by atoms with Crippen LogP contribution >= 0.6 is 0 Å². The van der Waals surface area contributed by atoms with Crippen LogP contribution in [0.4, 0.5) is 11.4 Å². The zero-order valence-electron chi connectivity index (χ0n) is 17.3. The Morgan fingerprint density at radius 3 is 2.14 bits per heavy atom. The molecule has 1 aliphatic carbocycles. The van der Waals surface area contributed by atoms with Gasteiger partial charge in [-0.2, -0.15) is 0 Å². The van der Waals surface area contributed by atoms with Gasteiger partial charge in [0, 0.05) is 18.4 Å². The molecule has 0 aliphatic heterocycles. The van der Waals surface area contributed by atoms with Crippen LogP contribution in [-0.4, -0.2) is 24.0 Å². The molecule has 5 heteroatoms. The van der Waals surface area contributed by atoms with Crippen molar-refractivity contribution in [1.29, 1.82) is 0 Å². The first kappa shape index (κ1) is 20.9. The number of rotatable bonds is 6. The largest absolute Gasteiger partial charge is 0.481 e. The van der Waals surface area contributed by atoms with Gasteiger partial charge in [-0.25, -0.2) is 0 Å². The van der Waals surface area contributed by atoms with Crippen LogP contribution in [0.2, 0.25) is 0 Å². The zero-order valence-corrected chi connectivity index (χ0v) is 17.3. The van der Waals surface area contributed by atoms with E-state index < -0.39 is 17.8 Å². The Labute approximate surface area is 172 Å². The minimum atomic E-state index is -0.900. The Hall–Kier alpha value is -2.82. The van der Waals surface area contributed by atoms with E-state index in [0.29, 0.717) is 18.0 Å². The normalized spacial score (nSPS) is 21.6. The monoisotopic (exact) mass is 394 g/mol. The minimum absolute atomic E-state index is 0.161. The molecule has 1 aliphatic rings. The van der Waals surface area contributed by atoms with Gasteiger partial charge in [0.05, 0.1) is 11.8 Å². The van der Waals surface area contributed by atoms with E-state index in [9.17, 15) is 14.7 Å². The summed E-state index contributed by atoms with van der Waals surface area (Å²) in [6.07, 6.45) is 2.22. The fraction of sp³-hybridized carbons (Fsp3) is 0.417. The summed E-state index contributed by atoms with van der Waals surface area (Å²) in [7, 11) is 1.85. The Kier molecular flexibility index (Phi) is 6.57. The minimum Gasteiger partial charge on any atom is -0.481 e. The highest BCUT2D eigenvalue weighted by Gasteiger charge is 2.42. The number of nitrogens with one attached hydrogen (secondary N) is 2. The van der Waals surface area contributed by atoms with Crippen molar-refractivity contribution in [3.8, 4) is 0 Å². The molecule has 3 N–H and O–H groups in total. The van der Waals surface area contributed by atoms with E-state index in [2.05, 4.69) is 24.5 Å². The van der Waals surface area contributed by atoms with E-state index in [4.69, 9.17) is 0 Å². The summed E-state index contributed by atoms with van der Waals surface area (Å²) in [6, 6.07) is 15.6. The molecular weight excluding hydrogens is 364 g/mol. The number of hydrogen-bond acceptors (Lipinski definition) is 3. The van der Waals surface area contributed by atoms with Gasteiger partial charge in [0.1, 0.15) is 0 Å². The van der Waals surface area contributed by atoms with Crippen LogP contribution in [0.25, 0.3) is 0 Å². The number of carbonyl (C=O) groups is 2. The van der Waals surface area contributed by atoms with E-state index >= 15 is 0 Å². The third kappa shape index (κ3) is 4.78. The first-order valence-electron chi connectivity index (χ1n) is 10.3. The SMILES string of the molecule is CNc1ccc([C@@H]2CCC[C@H](C(=O)Nc3ccc(C(C)C)cc3)[C@@H]2C(=O)O)cc1. The van der Waals surface area contributed by atoms with Crippen molar-refractivity contribution in [3.05, 3.63) is 59.7 Å². The number of carbonyl (C=O) groups excluding carboxylic acids is 1. The summed E-state index contributed by atoms with van der Waals surface area (Å²) >= 11 is 0. The molecule has 0 spiro atoms. The van der Waals surface area contributed by atoms with Crippen LogP contribution in [0.3, 0.4) is 0 Å². The van der Waals surface area contributed by atoms with Gasteiger partial charge < -0.3 is 15.7 Å². The van der Waals surface area contributed by atoms with E-state index in [1.165, 1.54) is 5.56 Å². The van der Waals surface area contributed by atoms with E-state index in [1.807, 2.05) is 55.6 Å². The van der Waals surface area contributed by atoms with Crippen LogP contribution in [0.1, 0.15) is 56.1 Å². The molecule has 3 atom stereocenters. The van der Waals surface area contributed by atoms with Crippen molar-refractivity contribution in [1.82, 2.24) is 0 Å². The summed E-state index contributed by atoms with van der Waals surface area (Å²) in [4.78, 5) is 25.1. The molecule has 0 saturated heterocycles. The molecule has 1 saturated carbocycles. The lowest BCUT2D eigenvalue weighted by atomic mass is 9.69. The van der Waals surface area contributed by atoms with E-state index in [-0.39, 0.29) is 11.8 Å². The summed E-state index contributed by atoms with van der Waals surface area (Å²) in [5.74, 6) is -2.11. The average Bonchev–Trinajstić information content (AvgIpc) is 2.73. The van der Waals surface area contributed by atoms with Crippen molar-refractivity contribution in [2.24, 2.45) is 11.8 Å². The third-order valence-corrected chi connectivity index (χ3v) is 5.99. The maximum atomic E-state index is 13.0. The van der Waals surface area contributed by atoms with Gasteiger partial charge in [-0.3, -0.25) is 9.59 Å². The second-order valence-electron chi connectivity index (χ2n) is 8.15. The lowest BCUT2D eigenvalue weighted by Crippen LogP contribution is -2.40. The highest BCUT2D eigenvalue weighted by molar-refractivity contribution is 5.95. The molecular formula is C24H30N2O3. The number of aliphatic carboxylic acids is 1. The molecule has 2 aromatic rings. The molecule has 0 radical (unpaired) electrons. The molecule has 5 nitrogen and oxygen atoms in total. The third-order valence-electron chi connectivity index (χ3n) is 5.99. The Morgan fingerprint density at radius 2 is 1.59 bits per heavy atom. The summed E-state index contributed by atoms with van der Waals surface area (Å²) in [6.45, 7) is 4.24. The summed E-state index contributed by atoms with van der Waals surface area (Å²) in [5.41, 5.74) is 3.88. The zero-order chi connectivity index (χ0) is 21.0.